The maximum absolute atomic E-state index is 12.3. The Kier molecular flexibility index (Phi) is 5.25. The molecule has 0 aromatic heterocycles. The van der Waals surface area contributed by atoms with Crippen molar-refractivity contribution in [3.63, 3.8) is 0 Å². The van der Waals surface area contributed by atoms with Crippen molar-refractivity contribution in [2.75, 3.05) is 26.7 Å². The molecule has 1 unspecified atom stereocenters. The second-order valence-electron chi connectivity index (χ2n) is 5.03. The lowest BCUT2D eigenvalue weighted by atomic mass is 9.99. The van der Waals surface area contributed by atoms with E-state index >= 15 is 0 Å². The minimum atomic E-state index is 0.0278. The molecule has 19 heavy (non-hydrogen) atoms. The molecule has 5 heteroatoms. The Hall–Kier alpha value is -0.580. The summed E-state index contributed by atoms with van der Waals surface area (Å²) in [4.78, 5) is 14.1. The molecular weight excluding hydrogens is 328 g/mol. The molecule has 1 aromatic carbocycles. The first kappa shape index (κ1) is 14.8. The monoisotopic (exact) mass is 344 g/mol. The number of hydrogen-bond acceptors (Lipinski definition) is 2. The Balaban J connectivity index is 1.99. The molecule has 1 amide bonds. The number of nitrogens with one attached hydrogen (secondary N) is 1. The van der Waals surface area contributed by atoms with Crippen molar-refractivity contribution < 1.29 is 4.79 Å². The summed E-state index contributed by atoms with van der Waals surface area (Å²) in [5, 5.41) is 3.94. The Morgan fingerprint density at radius 2 is 2.37 bits per heavy atom. The average Bonchev–Trinajstić information content (AvgIpc) is 2.42. The van der Waals surface area contributed by atoms with Gasteiger partial charge in [-0.3, -0.25) is 4.79 Å². The van der Waals surface area contributed by atoms with E-state index in [1.165, 1.54) is 12.8 Å². The van der Waals surface area contributed by atoms with Crippen LogP contribution in [-0.2, 0) is 0 Å². The summed E-state index contributed by atoms with van der Waals surface area (Å²) in [5.41, 5.74) is 0.638. The number of benzene rings is 1. The van der Waals surface area contributed by atoms with E-state index in [4.69, 9.17) is 11.6 Å². The number of nitrogens with zero attached hydrogens (tertiary/aromatic N) is 1. The van der Waals surface area contributed by atoms with Crippen LogP contribution in [0.15, 0.2) is 22.7 Å². The first-order valence-corrected chi connectivity index (χ1v) is 7.66. The Morgan fingerprint density at radius 3 is 3.00 bits per heavy atom. The number of carbonyl (C=O) groups is 1. The van der Waals surface area contributed by atoms with E-state index in [0.29, 0.717) is 16.5 Å². The zero-order chi connectivity index (χ0) is 13.8. The molecule has 2 rings (SSSR count). The highest BCUT2D eigenvalue weighted by atomic mass is 79.9. The molecular formula is C14H18BrClN2O. The molecule has 1 heterocycles. The van der Waals surface area contributed by atoms with Crippen LogP contribution in [0.1, 0.15) is 23.2 Å². The quantitative estimate of drug-likeness (QED) is 0.912. The molecule has 3 nitrogen and oxygen atoms in total. The lowest BCUT2D eigenvalue weighted by Crippen LogP contribution is -2.39. The smallest absolute Gasteiger partial charge is 0.253 e. The SMILES string of the molecule is CN(CC1CCCNC1)C(=O)c1ccc(Br)c(Cl)c1. The van der Waals surface area contributed by atoms with E-state index in [2.05, 4.69) is 21.2 Å². The molecule has 0 saturated carbocycles. The molecule has 104 valence electrons. The van der Waals surface area contributed by atoms with Gasteiger partial charge in [-0.15, -0.1) is 0 Å². The van der Waals surface area contributed by atoms with Gasteiger partial charge in [0.05, 0.1) is 5.02 Å². The lowest BCUT2D eigenvalue weighted by Gasteiger charge is -2.27. The molecule has 1 aromatic rings. The zero-order valence-electron chi connectivity index (χ0n) is 11.0. The van der Waals surface area contributed by atoms with Crippen molar-refractivity contribution >= 4 is 33.4 Å². The van der Waals surface area contributed by atoms with Gasteiger partial charge in [0.2, 0.25) is 0 Å². The highest BCUT2D eigenvalue weighted by Gasteiger charge is 2.19. The Labute approximate surface area is 127 Å². The van der Waals surface area contributed by atoms with Gasteiger partial charge in [-0.25, -0.2) is 0 Å². The van der Waals surface area contributed by atoms with Crippen LogP contribution in [0, 0.1) is 5.92 Å². The summed E-state index contributed by atoms with van der Waals surface area (Å²) in [6.45, 7) is 2.88. The van der Waals surface area contributed by atoms with Gasteiger partial charge in [-0.2, -0.15) is 0 Å². The molecule has 0 bridgehead atoms. The van der Waals surface area contributed by atoms with Gasteiger partial charge in [0, 0.05) is 23.6 Å². The largest absolute Gasteiger partial charge is 0.341 e. The first-order valence-electron chi connectivity index (χ1n) is 6.49. The van der Waals surface area contributed by atoms with E-state index in [1.807, 2.05) is 13.1 Å². The highest BCUT2D eigenvalue weighted by Crippen LogP contribution is 2.24. The molecule has 1 fully saturated rings. The summed E-state index contributed by atoms with van der Waals surface area (Å²) in [7, 11) is 1.85. The van der Waals surface area contributed by atoms with E-state index < -0.39 is 0 Å². The predicted octanol–water partition coefficient (Wildman–Crippen LogP) is 3.17. The van der Waals surface area contributed by atoms with E-state index in [-0.39, 0.29) is 5.91 Å². The highest BCUT2D eigenvalue weighted by molar-refractivity contribution is 9.10. The van der Waals surface area contributed by atoms with E-state index in [9.17, 15) is 4.79 Å². The number of hydrogen-bond donors (Lipinski definition) is 1. The maximum Gasteiger partial charge on any atom is 0.253 e. The zero-order valence-corrected chi connectivity index (χ0v) is 13.3. The average molecular weight is 346 g/mol. The van der Waals surface area contributed by atoms with E-state index in [0.717, 1.165) is 24.1 Å². The van der Waals surface area contributed by atoms with Crippen LogP contribution in [0.2, 0.25) is 5.02 Å². The van der Waals surface area contributed by atoms with Crippen LogP contribution >= 0.6 is 27.5 Å². The van der Waals surface area contributed by atoms with Crippen LogP contribution < -0.4 is 5.32 Å². The van der Waals surface area contributed by atoms with E-state index in [1.54, 1.807) is 17.0 Å². The topological polar surface area (TPSA) is 32.3 Å². The van der Waals surface area contributed by atoms with Crippen molar-refractivity contribution in [3.05, 3.63) is 33.3 Å². The third-order valence-electron chi connectivity index (χ3n) is 3.44. The second-order valence-corrected chi connectivity index (χ2v) is 6.29. The summed E-state index contributed by atoms with van der Waals surface area (Å²) in [6.07, 6.45) is 2.38. The molecule has 1 N–H and O–H groups in total. The summed E-state index contributed by atoms with van der Waals surface area (Å²) in [6, 6.07) is 5.32. The summed E-state index contributed by atoms with van der Waals surface area (Å²) < 4.78 is 0.810. The molecule has 1 aliphatic rings. The van der Waals surface area contributed by atoms with Gasteiger partial charge in [0.15, 0.2) is 0 Å². The summed E-state index contributed by atoms with van der Waals surface area (Å²) >= 11 is 9.36. The van der Waals surface area contributed by atoms with Crippen LogP contribution in [0.25, 0.3) is 0 Å². The number of piperidine rings is 1. The minimum Gasteiger partial charge on any atom is -0.341 e. The Morgan fingerprint density at radius 1 is 1.58 bits per heavy atom. The Bertz CT molecular complexity index is 461. The fourth-order valence-corrected chi connectivity index (χ4v) is 2.83. The van der Waals surface area contributed by atoms with Crippen LogP contribution in [-0.4, -0.2) is 37.5 Å². The summed E-state index contributed by atoms with van der Waals surface area (Å²) in [5.74, 6) is 0.577. The van der Waals surface area contributed by atoms with Gasteiger partial charge in [-0.05, 0) is 66.0 Å². The van der Waals surface area contributed by atoms with Crippen molar-refractivity contribution in [1.82, 2.24) is 10.2 Å². The molecule has 1 saturated heterocycles. The van der Waals surface area contributed by atoms with Gasteiger partial charge in [0.1, 0.15) is 0 Å². The number of carbonyl (C=O) groups excluding carboxylic acids is 1. The maximum atomic E-state index is 12.3. The molecule has 0 radical (unpaired) electrons. The van der Waals surface area contributed by atoms with Crippen LogP contribution in [0.5, 0.6) is 0 Å². The van der Waals surface area contributed by atoms with Crippen molar-refractivity contribution in [3.8, 4) is 0 Å². The molecule has 1 aliphatic heterocycles. The molecule has 0 aliphatic carbocycles. The van der Waals surface area contributed by atoms with Crippen molar-refractivity contribution in [2.45, 2.75) is 12.8 Å². The number of halogens is 2. The number of amides is 1. The van der Waals surface area contributed by atoms with Gasteiger partial charge in [-0.1, -0.05) is 11.6 Å². The fraction of sp³-hybridized carbons (Fsp3) is 0.500. The van der Waals surface area contributed by atoms with Gasteiger partial charge >= 0.3 is 0 Å². The lowest BCUT2D eigenvalue weighted by molar-refractivity contribution is 0.0764. The molecule has 0 spiro atoms. The van der Waals surface area contributed by atoms with Crippen molar-refractivity contribution in [2.24, 2.45) is 5.92 Å². The molecule has 1 atom stereocenters. The second kappa shape index (κ2) is 6.73. The standard InChI is InChI=1S/C14H18BrClN2O/c1-18(9-10-3-2-6-17-8-10)14(19)11-4-5-12(15)13(16)7-11/h4-5,7,10,17H,2-3,6,8-9H2,1H3. The predicted molar refractivity (Wildman–Crippen MR) is 81.7 cm³/mol. The first-order chi connectivity index (χ1) is 9.08. The normalized spacial score (nSPS) is 19.2. The van der Waals surface area contributed by atoms with Gasteiger partial charge < -0.3 is 10.2 Å². The minimum absolute atomic E-state index is 0.0278. The third kappa shape index (κ3) is 3.94. The van der Waals surface area contributed by atoms with Crippen LogP contribution in [0.4, 0.5) is 0 Å². The fourth-order valence-electron chi connectivity index (χ4n) is 2.40. The number of rotatable bonds is 3. The third-order valence-corrected chi connectivity index (χ3v) is 4.68. The van der Waals surface area contributed by atoms with Crippen molar-refractivity contribution in [1.29, 1.82) is 0 Å². The van der Waals surface area contributed by atoms with Crippen LogP contribution in [0.3, 0.4) is 0 Å². The van der Waals surface area contributed by atoms with Gasteiger partial charge in [0.25, 0.3) is 5.91 Å².